The van der Waals surface area contributed by atoms with Crippen molar-refractivity contribution < 1.29 is 0 Å². The van der Waals surface area contributed by atoms with E-state index in [4.69, 9.17) is 15.0 Å². The smallest absolute Gasteiger partial charge is 0.164 e. The number of para-hydroxylation sites is 4. The van der Waals surface area contributed by atoms with Crippen molar-refractivity contribution in [2.24, 2.45) is 0 Å². The summed E-state index contributed by atoms with van der Waals surface area (Å²) in [6.45, 7) is 0. The Labute approximate surface area is 358 Å². The number of hydrogen-bond acceptors (Lipinski definition) is 3. The van der Waals surface area contributed by atoms with Gasteiger partial charge in [0.1, 0.15) is 0 Å². The van der Waals surface area contributed by atoms with Crippen molar-refractivity contribution in [1.82, 2.24) is 24.1 Å². The van der Waals surface area contributed by atoms with Crippen LogP contribution in [0.5, 0.6) is 0 Å². The summed E-state index contributed by atoms with van der Waals surface area (Å²) in [5.74, 6) is 1.84. The standard InChI is InChI=1S/C57H37N5/c1-3-17-38(18-4-1)40-33-34-54(62-52-31-13-9-27-47(52)48-28-10-14-32-53(48)62)49(37-40)41-21-15-22-42(35-41)56-58-55(39-19-5-2-6-20-39)59-57(60-56)43-23-16-24-44(36-43)61-50-29-11-7-25-45(50)46-26-8-12-30-51(46)61/h1-37H. The van der Waals surface area contributed by atoms with Crippen molar-refractivity contribution >= 4 is 43.6 Å². The summed E-state index contributed by atoms with van der Waals surface area (Å²) in [7, 11) is 0. The van der Waals surface area contributed by atoms with Gasteiger partial charge in [-0.3, -0.25) is 0 Å². The third kappa shape index (κ3) is 5.98. The van der Waals surface area contributed by atoms with E-state index in [1.807, 2.05) is 18.2 Å². The number of hydrogen-bond donors (Lipinski definition) is 0. The third-order valence-corrected chi connectivity index (χ3v) is 12.0. The molecular formula is C57H37N5. The highest BCUT2D eigenvalue weighted by atomic mass is 15.0. The van der Waals surface area contributed by atoms with E-state index in [9.17, 15) is 0 Å². The van der Waals surface area contributed by atoms with Crippen LogP contribution in [0.4, 0.5) is 0 Å². The first-order valence-corrected chi connectivity index (χ1v) is 20.9. The van der Waals surface area contributed by atoms with Crippen LogP contribution < -0.4 is 0 Å². The Kier molecular flexibility index (Phi) is 8.42. The van der Waals surface area contributed by atoms with Crippen LogP contribution in [0.2, 0.25) is 0 Å². The average Bonchev–Trinajstić information content (AvgIpc) is 3.87. The summed E-state index contributed by atoms with van der Waals surface area (Å²) in [6, 6.07) is 79.3. The molecule has 0 unspecified atom stereocenters. The molecule has 5 nitrogen and oxygen atoms in total. The minimum atomic E-state index is 0.607. The molecule has 0 aliphatic rings. The van der Waals surface area contributed by atoms with Gasteiger partial charge in [-0.25, -0.2) is 15.0 Å². The van der Waals surface area contributed by atoms with Gasteiger partial charge >= 0.3 is 0 Å². The van der Waals surface area contributed by atoms with Crippen molar-refractivity contribution in [3.63, 3.8) is 0 Å². The molecular weight excluding hydrogens is 755 g/mol. The number of benzene rings is 9. The van der Waals surface area contributed by atoms with Crippen LogP contribution in [0.25, 0.3) is 111 Å². The van der Waals surface area contributed by atoms with Gasteiger partial charge in [-0.1, -0.05) is 170 Å². The van der Waals surface area contributed by atoms with E-state index in [1.54, 1.807) is 0 Å². The maximum absolute atomic E-state index is 5.26. The lowest BCUT2D eigenvalue weighted by molar-refractivity contribution is 1.07. The lowest BCUT2D eigenvalue weighted by Gasteiger charge is -2.17. The van der Waals surface area contributed by atoms with E-state index in [-0.39, 0.29) is 0 Å². The second kappa shape index (κ2) is 14.7. The molecule has 0 amide bonds. The van der Waals surface area contributed by atoms with Crippen LogP contribution in [0.3, 0.4) is 0 Å². The molecule has 0 radical (unpaired) electrons. The highest BCUT2D eigenvalue weighted by molar-refractivity contribution is 6.10. The Morgan fingerprint density at radius 2 is 0.677 bits per heavy atom. The Bertz CT molecular complexity index is 3530. The monoisotopic (exact) mass is 791 g/mol. The number of aromatic nitrogens is 5. The molecule has 0 atom stereocenters. The Hall–Kier alpha value is -8.41. The van der Waals surface area contributed by atoms with Crippen molar-refractivity contribution in [1.29, 1.82) is 0 Å². The van der Waals surface area contributed by atoms with E-state index < -0.39 is 0 Å². The topological polar surface area (TPSA) is 48.5 Å². The number of rotatable bonds is 7. The number of nitrogens with zero attached hydrogens (tertiary/aromatic N) is 5. The fraction of sp³-hybridized carbons (Fsp3) is 0. The fourth-order valence-corrected chi connectivity index (χ4v) is 9.12. The van der Waals surface area contributed by atoms with Crippen molar-refractivity contribution in [2.45, 2.75) is 0 Å². The summed E-state index contributed by atoms with van der Waals surface area (Å²) in [5.41, 5.74) is 14.0. The Balaban J connectivity index is 1.04. The molecule has 0 fully saturated rings. The molecule has 0 saturated carbocycles. The third-order valence-electron chi connectivity index (χ3n) is 12.0. The maximum atomic E-state index is 5.26. The molecule has 0 saturated heterocycles. The normalized spacial score (nSPS) is 11.5. The summed E-state index contributed by atoms with van der Waals surface area (Å²) in [5, 5.41) is 4.89. The van der Waals surface area contributed by atoms with Gasteiger partial charge in [-0.2, -0.15) is 0 Å². The second-order valence-corrected chi connectivity index (χ2v) is 15.6. The van der Waals surface area contributed by atoms with Crippen molar-refractivity contribution in [3.8, 4) is 67.8 Å². The minimum absolute atomic E-state index is 0.607. The molecule has 0 bridgehead atoms. The summed E-state index contributed by atoms with van der Waals surface area (Å²) in [6.07, 6.45) is 0. The largest absolute Gasteiger partial charge is 0.309 e. The van der Waals surface area contributed by atoms with Gasteiger partial charge < -0.3 is 9.13 Å². The quantitative estimate of drug-likeness (QED) is 0.162. The molecule has 3 aromatic heterocycles. The molecule has 0 spiro atoms. The van der Waals surface area contributed by atoms with E-state index in [0.717, 1.165) is 72.4 Å². The first kappa shape index (κ1) is 35.5. The predicted molar refractivity (Wildman–Crippen MR) is 256 cm³/mol. The van der Waals surface area contributed by atoms with Gasteiger partial charge in [0.2, 0.25) is 0 Å². The Morgan fingerprint density at radius 1 is 0.258 bits per heavy atom. The van der Waals surface area contributed by atoms with Gasteiger partial charge in [0.05, 0.1) is 27.8 Å². The fourth-order valence-electron chi connectivity index (χ4n) is 9.12. The van der Waals surface area contributed by atoms with Crippen molar-refractivity contribution in [2.75, 3.05) is 0 Å². The van der Waals surface area contributed by atoms with Gasteiger partial charge in [0.25, 0.3) is 0 Å². The lowest BCUT2D eigenvalue weighted by Crippen LogP contribution is -2.01. The van der Waals surface area contributed by atoms with Crippen LogP contribution in [-0.2, 0) is 0 Å². The Morgan fingerprint density at radius 3 is 1.24 bits per heavy atom. The molecule has 5 heteroatoms. The average molecular weight is 792 g/mol. The van der Waals surface area contributed by atoms with E-state index in [1.165, 1.54) is 21.5 Å². The summed E-state index contributed by atoms with van der Waals surface area (Å²) < 4.78 is 4.73. The van der Waals surface area contributed by atoms with Gasteiger partial charge in [-0.05, 0) is 71.3 Å². The second-order valence-electron chi connectivity index (χ2n) is 15.6. The van der Waals surface area contributed by atoms with E-state index in [0.29, 0.717) is 17.5 Å². The first-order chi connectivity index (χ1) is 30.7. The summed E-state index contributed by atoms with van der Waals surface area (Å²) in [4.78, 5) is 15.6. The molecule has 3 heterocycles. The first-order valence-electron chi connectivity index (χ1n) is 20.9. The molecule has 9 aromatic carbocycles. The molecule has 0 aliphatic carbocycles. The number of fused-ring (bicyclic) bond motifs is 6. The van der Waals surface area contributed by atoms with Crippen LogP contribution in [-0.4, -0.2) is 24.1 Å². The summed E-state index contributed by atoms with van der Waals surface area (Å²) >= 11 is 0. The van der Waals surface area contributed by atoms with Gasteiger partial charge in [0, 0.05) is 49.5 Å². The highest BCUT2D eigenvalue weighted by Crippen LogP contribution is 2.40. The van der Waals surface area contributed by atoms with Crippen LogP contribution >= 0.6 is 0 Å². The maximum Gasteiger partial charge on any atom is 0.164 e. The van der Waals surface area contributed by atoms with E-state index in [2.05, 4.69) is 215 Å². The highest BCUT2D eigenvalue weighted by Gasteiger charge is 2.19. The molecule has 12 rings (SSSR count). The lowest BCUT2D eigenvalue weighted by atomic mass is 9.96. The van der Waals surface area contributed by atoms with E-state index >= 15 is 0 Å². The molecule has 12 aromatic rings. The van der Waals surface area contributed by atoms with Gasteiger partial charge in [0.15, 0.2) is 17.5 Å². The zero-order valence-corrected chi connectivity index (χ0v) is 33.6. The van der Waals surface area contributed by atoms with Crippen LogP contribution in [0.1, 0.15) is 0 Å². The van der Waals surface area contributed by atoms with Crippen LogP contribution in [0.15, 0.2) is 224 Å². The zero-order valence-electron chi connectivity index (χ0n) is 33.6. The molecule has 62 heavy (non-hydrogen) atoms. The predicted octanol–water partition coefficient (Wildman–Crippen LogP) is 14.4. The molecule has 0 N–H and O–H groups in total. The zero-order chi connectivity index (χ0) is 41.0. The van der Waals surface area contributed by atoms with Gasteiger partial charge in [-0.15, -0.1) is 0 Å². The van der Waals surface area contributed by atoms with Crippen molar-refractivity contribution in [3.05, 3.63) is 224 Å². The SMILES string of the molecule is c1ccc(-c2ccc(-n3c4ccccc4c4ccccc43)c(-c3cccc(-c4nc(-c5ccccc5)nc(-c5cccc(-n6c7ccccc7c7ccccc76)c5)n4)c3)c2)cc1. The van der Waals surface area contributed by atoms with Crippen LogP contribution in [0, 0.1) is 0 Å². The molecule has 0 aliphatic heterocycles. The molecule has 290 valence electrons. The minimum Gasteiger partial charge on any atom is -0.309 e.